The summed E-state index contributed by atoms with van der Waals surface area (Å²) in [6.45, 7) is 8.79. The minimum atomic E-state index is 0. The lowest BCUT2D eigenvalue weighted by Gasteiger charge is -2.35. The van der Waals surface area contributed by atoms with Crippen molar-refractivity contribution in [3.8, 4) is 0 Å². The van der Waals surface area contributed by atoms with Gasteiger partial charge in [-0.05, 0) is 35.7 Å². The number of ether oxygens (including phenoxy) is 2. The number of nitrogens with zero attached hydrogens (tertiary/aromatic N) is 3. The first-order chi connectivity index (χ1) is 14.7. The summed E-state index contributed by atoms with van der Waals surface area (Å²) < 4.78 is 11.5. The molecule has 0 radical (unpaired) electrons. The summed E-state index contributed by atoms with van der Waals surface area (Å²) in [7, 11) is 1.85. The number of rotatable bonds is 4. The van der Waals surface area contributed by atoms with Gasteiger partial charge in [0, 0.05) is 38.9 Å². The average molecular weight is 536 g/mol. The Morgan fingerprint density at radius 3 is 2.48 bits per heavy atom. The molecule has 2 aliphatic heterocycles. The van der Waals surface area contributed by atoms with Crippen LogP contribution in [-0.4, -0.2) is 63.9 Å². The summed E-state index contributed by atoms with van der Waals surface area (Å²) in [6, 6.07) is 17.3. The maximum atomic E-state index is 6.07. The summed E-state index contributed by atoms with van der Waals surface area (Å²) in [5, 5.41) is 3.53. The van der Waals surface area contributed by atoms with Gasteiger partial charge in [0.25, 0.3) is 0 Å². The van der Waals surface area contributed by atoms with E-state index >= 15 is 0 Å². The molecule has 31 heavy (non-hydrogen) atoms. The SMILES string of the molecule is CN=C(NCc1ccc(N2CCOCC2)cc1)N1CCOC(c2ccccc2C)C1.I. The number of aryl methyl sites for hydroxylation is 1. The molecule has 0 aromatic heterocycles. The van der Waals surface area contributed by atoms with Gasteiger partial charge in [-0.25, -0.2) is 0 Å². The molecule has 2 saturated heterocycles. The third-order valence-electron chi connectivity index (χ3n) is 5.88. The summed E-state index contributed by atoms with van der Waals surface area (Å²) in [4.78, 5) is 9.19. The Kier molecular flexibility index (Phi) is 8.98. The second-order valence-corrected chi connectivity index (χ2v) is 7.83. The maximum Gasteiger partial charge on any atom is 0.194 e. The number of aliphatic imine (C=N–C) groups is 1. The van der Waals surface area contributed by atoms with Crippen molar-refractivity contribution in [2.24, 2.45) is 4.99 Å². The van der Waals surface area contributed by atoms with Crippen LogP contribution in [0.25, 0.3) is 0 Å². The molecule has 168 valence electrons. The number of halogens is 1. The fourth-order valence-corrected chi connectivity index (χ4v) is 4.14. The van der Waals surface area contributed by atoms with Crippen LogP contribution in [0.1, 0.15) is 22.8 Å². The van der Waals surface area contributed by atoms with E-state index in [1.54, 1.807) is 0 Å². The average Bonchev–Trinajstić information content (AvgIpc) is 2.81. The molecule has 2 heterocycles. The number of anilines is 1. The summed E-state index contributed by atoms with van der Waals surface area (Å²) in [5.41, 5.74) is 5.04. The minimum absolute atomic E-state index is 0. The van der Waals surface area contributed by atoms with Gasteiger partial charge in [0.2, 0.25) is 0 Å². The molecule has 0 amide bonds. The lowest BCUT2D eigenvalue weighted by molar-refractivity contribution is -0.00833. The maximum absolute atomic E-state index is 6.07. The molecule has 0 bridgehead atoms. The largest absolute Gasteiger partial charge is 0.378 e. The van der Waals surface area contributed by atoms with Gasteiger partial charge in [0.1, 0.15) is 6.10 Å². The predicted octanol–water partition coefficient (Wildman–Crippen LogP) is 3.60. The van der Waals surface area contributed by atoms with Crippen LogP contribution in [0.15, 0.2) is 53.5 Å². The Hall–Kier alpha value is -1.84. The van der Waals surface area contributed by atoms with Gasteiger partial charge in [-0.1, -0.05) is 36.4 Å². The Labute approximate surface area is 202 Å². The Morgan fingerprint density at radius 1 is 1.03 bits per heavy atom. The number of benzene rings is 2. The molecule has 2 aliphatic rings. The van der Waals surface area contributed by atoms with Crippen molar-refractivity contribution in [2.75, 3.05) is 57.9 Å². The lowest BCUT2D eigenvalue weighted by Crippen LogP contribution is -2.48. The Bertz CT molecular complexity index is 853. The van der Waals surface area contributed by atoms with Gasteiger partial charge in [-0.3, -0.25) is 4.99 Å². The van der Waals surface area contributed by atoms with Crippen LogP contribution in [0.5, 0.6) is 0 Å². The first-order valence-electron chi connectivity index (χ1n) is 10.8. The number of morpholine rings is 2. The van der Waals surface area contributed by atoms with Crippen molar-refractivity contribution in [1.29, 1.82) is 0 Å². The Morgan fingerprint density at radius 2 is 1.77 bits per heavy atom. The van der Waals surface area contributed by atoms with E-state index in [4.69, 9.17) is 9.47 Å². The van der Waals surface area contributed by atoms with Gasteiger partial charge in [0.15, 0.2) is 5.96 Å². The monoisotopic (exact) mass is 536 g/mol. The molecule has 1 unspecified atom stereocenters. The van der Waals surface area contributed by atoms with Crippen LogP contribution < -0.4 is 10.2 Å². The standard InChI is InChI=1S/C24H32N4O2.HI/c1-19-5-3-4-6-22(19)23-18-28(13-16-30-23)24(25-2)26-17-20-7-9-21(10-8-20)27-11-14-29-15-12-27;/h3-10,23H,11-18H2,1-2H3,(H,25,26);1H. The minimum Gasteiger partial charge on any atom is -0.378 e. The van der Waals surface area contributed by atoms with Crippen molar-refractivity contribution < 1.29 is 9.47 Å². The quantitative estimate of drug-likeness (QED) is 0.368. The third-order valence-corrected chi connectivity index (χ3v) is 5.88. The van der Waals surface area contributed by atoms with Gasteiger partial charge in [0.05, 0.1) is 26.4 Å². The van der Waals surface area contributed by atoms with Crippen LogP contribution >= 0.6 is 24.0 Å². The third kappa shape index (κ3) is 6.11. The molecule has 7 heteroatoms. The smallest absolute Gasteiger partial charge is 0.194 e. The highest BCUT2D eigenvalue weighted by molar-refractivity contribution is 14.0. The number of hydrogen-bond donors (Lipinski definition) is 1. The van der Waals surface area contributed by atoms with E-state index in [1.165, 1.54) is 22.4 Å². The van der Waals surface area contributed by atoms with Crippen LogP contribution in [-0.2, 0) is 16.0 Å². The second-order valence-electron chi connectivity index (χ2n) is 7.83. The molecule has 2 aromatic carbocycles. The number of hydrogen-bond acceptors (Lipinski definition) is 4. The molecule has 4 rings (SSSR count). The molecule has 0 aliphatic carbocycles. The highest BCUT2D eigenvalue weighted by Gasteiger charge is 2.25. The zero-order valence-electron chi connectivity index (χ0n) is 18.4. The highest BCUT2D eigenvalue weighted by atomic mass is 127. The van der Waals surface area contributed by atoms with Crippen molar-refractivity contribution >= 4 is 35.6 Å². The van der Waals surface area contributed by atoms with Crippen LogP contribution in [0.3, 0.4) is 0 Å². The fraction of sp³-hybridized carbons (Fsp3) is 0.458. The van der Waals surface area contributed by atoms with Crippen LogP contribution in [0, 0.1) is 6.92 Å². The van der Waals surface area contributed by atoms with Crippen molar-refractivity contribution in [2.45, 2.75) is 19.6 Å². The molecule has 6 nitrogen and oxygen atoms in total. The predicted molar refractivity (Wildman–Crippen MR) is 137 cm³/mol. The summed E-state index contributed by atoms with van der Waals surface area (Å²) >= 11 is 0. The van der Waals surface area contributed by atoms with Gasteiger partial charge < -0.3 is 24.6 Å². The van der Waals surface area contributed by atoms with Crippen molar-refractivity contribution in [3.63, 3.8) is 0 Å². The summed E-state index contributed by atoms with van der Waals surface area (Å²) in [5.74, 6) is 0.925. The van der Waals surface area contributed by atoms with E-state index in [1.807, 2.05) is 7.05 Å². The number of guanidine groups is 1. The van der Waals surface area contributed by atoms with Crippen molar-refractivity contribution in [1.82, 2.24) is 10.2 Å². The van der Waals surface area contributed by atoms with E-state index in [0.29, 0.717) is 6.61 Å². The van der Waals surface area contributed by atoms with E-state index in [-0.39, 0.29) is 30.1 Å². The van der Waals surface area contributed by atoms with Gasteiger partial charge in [-0.2, -0.15) is 0 Å². The van der Waals surface area contributed by atoms with Crippen LogP contribution in [0.4, 0.5) is 5.69 Å². The molecule has 0 saturated carbocycles. The number of nitrogens with one attached hydrogen (secondary N) is 1. The van der Waals surface area contributed by atoms with Crippen molar-refractivity contribution in [3.05, 3.63) is 65.2 Å². The summed E-state index contributed by atoms with van der Waals surface area (Å²) in [6.07, 6.45) is 0.0753. The van der Waals surface area contributed by atoms with E-state index in [9.17, 15) is 0 Å². The normalized spacial score (nSPS) is 19.7. The van der Waals surface area contributed by atoms with E-state index in [0.717, 1.165) is 51.9 Å². The highest BCUT2D eigenvalue weighted by Crippen LogP contribution is 2.25. The van der Waals surface area contributed by atoms with E-state index < -0.39 is 0 Å². The molecule has 2 aromatic rings. The lowest BCUT2D eigenvalue weighted by atomic mass is 10.0. The van der Waals surface area contributed by atoms with Gasteiger partial charge in [-0.15, -0.1) is 24.0 Å². The van der Waals surface area contributed by atoms with Gasteiger partial charge >= 0.3 is 0 Å². The van der Waals surface area contributed by atoms with E-state index in [2.05, 4.69) is 75.6 Å². The zero-order valence-corrected chi connectivity index (χ0v) is 20.7. The van der Waals surface area contributed by atoms with Crippen LogP contribution in [0.2, 0.25) is 0 Å². The zero-order chi connectivity index (χ0) is 20.8. The molecule has 1 atom stereocenters. The molecule has 2 fully saturated rings. The molecular weight excluding hydrogens is 503 g/mol. The first kappa shape index (κ1) is 23.8. The topological polar surface area (TPSA) is 49.3 Å². The molecule has 0 spiro atoms. The molecular formula is C24H33IN4O2. The fourth-order valence-electron chi connectivity index (χ4n) is 4.14. The molecule has 1 N–H and O–H groups in total. The second kappa shape index (κ2) is 11.7. The first-order valence-corrected chi connectivity index (χ1v) is 10.8. The Balaban J connectivity index is 0.00000272.